The predicted molar refractivity (Wildman–Crippen MR) is 312 cm³/mol. The predicted octanol–water partition coefficient (Wildman–Crippen LogP) is 17.9. The zero-order valence-electron chi connectivity index (χ0n) is 41.1. The Morgan fingerprint density at radius 3 is 1.18 bits per heavy atom. The van der Waals surface area contributed by atoms with Crippen molar-refractivity contribution in [1.82, 2.24) is 29.5 Å². The third-order valence-electron chi connectivity index (χ3n) is 15.0. The van der Waals surface area contributed by atoms with Crippen LogP contribution in [0.4, 0.5) is 0 Å². The summed E-state index contributed by atoms with van der Waals surface area (Å²) in [6.45, 7) is 0. The fourth-order valence-corrected chi connectivity index (χ4v) is 11.1. The Bertz CT molecular complexity index is 4810. The Morgan fingerprint density at radius 2 is 0.636 bits per heavy atom. The second-order valence-corrected chi connectivity index (χ2v) is 19.7. The number of hydrogen-bond acceptors (Lipinski definition) is 7. The second-order valence-electron chi connectivity index (χ2n) is 19.7. The van der Waals surface area contributed by atoms with E-state index in [-0.39, 0.29) is 0 Å². The molecule has 0 bridgehead atoms. The van der Waals surface area contributed by atoms with Crippen LogP contribution in [0.15, 0.2) is 251 Å². The van der Waals surface area contributed by atoms with Crippen LogP contribution < -0.4 is 0 Å². The van der Waals surface area contributed by atoms with Gasteiger partial charge in [0.05, 0.1) is 11.0 Å². The lowest BCUT2D eigenvalue weighted by atomic mass is 9.98. The first kappa shape index (κ1) is 42.9. The van der Waals surface area contributed by atoms with Crippen molar-refractivity contribution in [2.24, 2.45) is 0 Å². The van der Waals surface area contributed by atoms with E-state index in [1.807, 2.05) is 48.5 Å². The van der Waals surface area contributed by atoms with Gasteiger partial charge >= 0.3 is 0 Å². The molecule has 8 nitrogen and oxygen atoms in total. The topological polar surface area (TPSA) is 95.7 Å². The van der Waals surface area contributed by atoms with Crippen LogP contribution in [-0.2, 0) is 0 Å². The van der Waals surface area contributed by atoms with Gasteiger partial charge in [-0.25, -0.2) is 24.9 Å². The van der Waals surface area contributed by atoms with E-state index in [0.29, 0.717) is 29.3 Å². The molecule has 0 saturated carbocycles. The van der Waals surface area contributed by atoms with E-state index in [1.54, 1.807) is 0 Å². The minimum absolute atomic E-state index is 0.577. The van der Waals surface area contributed by atoms with Crippen molar-refractivity contribution < 1.29 is 8.83 Å². The van der Waals surface area contributed by atoms with Gasteiger partial charge in [-0.1, -0.05) is 140 Å². The van der Waals surface area contributed by atoms with E-state index < -0.39 is 0 Å². The fraction of sp³-hybridized carbons (Fsp3) is 0. The molecule has 0 radical (unpaired) electrons. The number of aromatic nitrogens is 6. The minimum atomic E-state index is 0.577. The molecule has 8 heteroatoms. The monoisotopic (exact) mass is 984 g/mol. The average molecular weight is 985 g/mol. The maximum absolute atomic E-state index is 6.13. The molecule has 0 amide bonds. The molecule has 0 saturated heterocycles. The summed E-state index contributed by atoms with van der Waals surface area (Å²) in [5.74, 6) is 2.91. The van der Waals surface area contributed by atoms with Gasteiger partial charge in [0.2, 0.25) is 11.8 Å². The number of oxazole rings is 2. The first-order valence-corrected chi connectivity index (χ1v) is 25.7. The Morgan fingerprint density at radius 1 is 0.260 bits per heavy atom. The Labute approximate surface area is 439 Å². The molecular weight excluding hydrogens is 945 g/mol. The van der Waals surface area contributed by atoms with Crippen LogP contribution in [0.5, 0.6) is 0 Å². The molecule has 16 rings (SSSR count). The van der Waals surface area contributed by atoms with E-state index >= 15 is 0 Å². The lowest BCUT2D eigenvalue weighted by Gasteiger charge is -2.11. The van der Waals surface area contributed by atoms with E-state index in [1.165, 1.54) is 43.4 Å². The number of para-hydroxylation sites is 5. The normalized spacial score (nSPS) is 11.9. The Hall–Kier alpha value is -10.6. The third kappa shape index (κ3) is 7.34. The summed E-state index contributed by atoms with van der Waals surface area (Å²) < 4.78 is 14.7. The van der Waals surface area contributed by atoms with Crippen LogP contribution >= 0.6 is 0 Å². The van der Waals surface area contributed by atoms with Gasteiger partial charge in [0.15, 0.2) is 28.6 Å². The molecule has 4 aromatic heterocycles. The molecule has 0 unspecified atom stereocenters. The van der Waals surface area contributed by atoms with Gasteiger partial charge in [0.25, 0.3) is 0 Å². The molecule has 77 heavy (non-hydrogen) atoms. The molecule has 0 spiro atoms. The van der Waals surface area contributed by atoms with Crippen molar-refractivity contribution in [2.75, 3.05) is 0 Å². The highest BCUT2D eigenvalue weighted by atomic mass is 16.4. The van der Waals surface area contributed by atoms with Gasteiger partial charge in [-0.15, -0.1) is 0 Å². The highest BCUT2D eigenvalue weighted by Gasteiger charge is 2.18. The molecule has 0 atom stereocenters. The summed E-state index contributed by atoms with van der Waals surface area (Å²) >= 11 is 0. The number of benzene rings is 12. The number of nitrogens with zero attached hydrogens (tertiary/aromatic N) is 6. The minimum Gasteiger partial charge on any atom is -0.436 e. The zero-order chi connectivity index (χ0) is 50.6. The average Bonchev–Trinajstić information content (AvgIpc) is 4.42. The van der Waals surface area contributed by atoms with E-state index in [9.17, 15) is 0 Å². The molecule has 0 N–H and O–H groups in total. The SMILES string of the molecule is c1ccc(-n2c3cc4ccccc4cc3c3cc4cc(-c5ccc(-c6nc(-c7ccc8cc(-c9nc%10ccccc%10o9)ccc8c7)nc(-c7ccc8cc(-c9nc%10ccccc%10o9)ccc8c7)n6)cc5)ccc4cc32)cc1. The number of rotatable bonds is 7. The van der Waals surface area contributed by atoms with Crippen molar-refractivity contribution in [3.8, 4) is 73.9 Å². The maximum Gasteiger partial charge on any atom is 0.227 e. The van der Waals surface area contributed by atoms with Gasteiger partial charge in [-0.3, -0.25) is 0 Å². The van der Waals surface area contributed by atoms with Crippen LogP contribution in [0.2, 0.25) is 0 Å². The molecular formula is C69H40N6O2. The van der Waals surface area contributed by atoms with Crippen molar-refractivity contribution in [2.45, 2.75) is 0 Å². The summed E-state index contributed by atoms with van der Waals surface area (Å²) in [4.78, 5) is 25.1. The maximum atomic E-state index is 6.13. The largest absolute Gasteiger partial charge is 0.436 e. The quantitative estimate of drug-likeness (QED) is 0.157. The molecule has 0 fully saturated rings. The molecule has 12 aromatic carbocycles. The molecule has 0 aliphatic heterocycles. The number of fused-ring (bicyclic) bond motifs is 9. The Balaban J connectivity index is 0.778. The van der Waals surface area contributed by atoms with E-state index in [4.69, 9.17) is 33.8 Å². The summed E-state index contributed by atoms with van der Waals surface area (Å²) in [7, 11) is 0. The van der Waals surface area contributed by atoms with Crippen molar-refractivity contribution in [3.63, 3.8) is 0 Å². The lowest BCUT2D eigenvalue weighted by Crippen LogP contribution is -2.00. The summed E-state index contributed by atoms with van der Waals surface area (Å²) in [5.41, 5.74) is 13.4. The fourth-order valence-electron chi connectivity index (χ4n) is 11.1. The van der Waals surface area contributed by atoms with E-state index in [2.05, 4.69) is 199 Å². The Kier molecular flexibility index (Phi) is 9.46. The van der Waals surface area contributed by atoms with Crippen LogP contribution in [-0.4, -0.2) is 29.5 Å². The highest BCUT2D eigenvalue weighted by Crippen LogP contribution is 2.39. The first-order chi connectivity index (χ1) is 38.0. The van der Waals surface area contributed by atoms with Gasteiger partial charge < -0.3 is 13.4 Å². The first-order valence-electron chi connectivity index (χ1n) is 25.7. The van der Waals surface area contributed by atoms with Gasteiger partial charge in [-0.05, 0) is 157 Å². The highest BCUT2D eigenvalue weighted by molar-refractivity contribution is 6.17. The van der Waals surface area contributed by atoms with Gasteiger partial charge in [0.1, 0.15) is 11.0 Å². The van der Waals surface area contributed by atoms with Crippen molar-refractivity contribution in [1.29, 1.82) is 0 Å². The molecule has 358 valence electrons. The lowest BCUT2D eigenvalue weighted by molar-refractivity contribution is 0.619. The van der Waals surface area contributed by atoms with Gasteiger partial charge in [-0.2, -0.15) is 0 Å². The second kappa shape index (κ2) is 17.0. The summed E-state index contributed by atoms with van der Waals surface area (Å²) in [6, 6.07) is 84.8. The van der Waals surface area contributed by atoms with Crippen LogP contribution in [0.1, 0.15) is 0 Å². The van der Waals surface area contributed by atoms with Crippen LogP contribution in [0, 0.1) is 0 Å². The molecule has 4 heterocycles. The van der Waals surface area contributed by atoms with Crippen molar-refractivity contribution in [3.05, 3.63) is 243 Å². The summed E-state index contributed by atoms with van der Waals surface area (Å²) in [5, 5.41) is 11.5. The molecule has 0 aliphatic carbocycles. The van der Waals surface area contributed by atoms with Crippen molar-refractivity contribution >= 4 is 87.1 Å². The van der Waals surface area contributed by atoms with E-state index in [0.717, 1.165) is 88.4 Å². The van der Waals surface area contributed by atoms with Crippen LogP contribution in [0.3, 0.4) is 0 Å². The molecule has 16 aromatic rings. The summed E-state index contributed by atoms with van der Waals surface area (Å²) in [6.07, 6.45) is 0. The van der Waals surface area contributed by atoms with Gasteiger partial charge in [0, 0.05) is 44.3 Å². The third-order valence-corrected chi connectivity index (χ3v) is 15.0. The van der Waals surface area contributed by atoms with Crippen LogP contribution in [0.25, 0.3) is 161 Å². The zero-order valence-corrected chi connectivity index (χ0v) is 41.1. The molecule has 0 aliphatic rings. The standard InChI is InChI=1S/C69H40N6O2/c1-2-12-56(13-3-1)75-61-39-44-11-5-4-10-43(44)37-57(61)58-38-55-36-45(22-23-50(55)40-62(58)75)41-18-20-42(21-19-41)65-72-66(51-28-24-48-34-53(30-26-46(48)32-51)68-70-59-14-6-8-16-63(59)76-68)74-67(73-65)52-29-25-49-35-54(31-27-47(49)33-52)69-71-60-15-7-9-17-64(60)77-69/h1-40H. The number of hydrogen-bond donors (Lipinski definition) is 0. The smallest absolute Gasteiger partial charge is 0.227 e.